The molecule has 1 aliphatic heterocycles. The second-order valence-electron chi connectivity index (χ2n) is 10.0. The minimum Gasteiger partial charge on any atom is -0.456 e. The second-order valence-corrected chi connectivity index (χ2v) is 10.8. The number of ether oxygens (including phenoxy) is 1. The first-order valence-corrected chi connectivity index (χ1v) is 12.1. The third-order valence-electron chi connectivity index (χ3n) is 7.55. The zero-order valence-corrected chi connectivity index (χ0v) is 19.9. The molecule has 174 valence electrons. The Balaban J connectivity index is 1.33. The van der Waals surface area contributed by atoms with Gasteiger partial charge in [-0.1, -0.05) is 49.2 Å². The fraction of sp³-hybridized carbons (Fsp3) is 0.520. The van der Waals surface area contributed by atoms with Crippen molar-refractivity contribution in [3.8, 4) is 0 Å². The van der Waals surface area contributed by atoms with Crippen molar-refractivity contribution < 1.29 is 23.9 Å². The van der Waals surface area contributed by atoms with Crippen LogP contribution in [0.25, 0.3) is 0 Å². The number of carbonyl (C=O) groups excluding carboxylic acids is 4. The number of imide groups is 1. The Bertz CT molecular complexity index is 1050. The summed E-state index contributed by atoms with van der Waals surface area (Å²) in [5.74, 6) is -1.38. The number of hydrogen-bond acceptors (Lipinski definition) is 5. The van der Waals surface area contributed by atoms with Crippen LogP contribution in [0.4, 0.5) is 0 Å². The number of halogens is 2. The summed E-state index contributed by atoms with van der Waals surface area (Å²) in [6.07, 6.45) is 5.54. The van der Waals surface area contributed by atoms with Crippen molar-refractivity contribution >= 4 is 46.8 Å². The van der Waals surface area contributed by atoms with Gasteiger partial charge >= 0.3 is 5.97 Å². The number of benzene rings is 1. The highest BCUT2D eigenvalue weighted by Crippen LogP contribution is 2.65. The smallest absolute Gasteiger partial charge is 0.329 e. The molecule has 0 spiro atoms. The van der Waals surface area contributed by atoms with Crippen LogP contribution in [0.15, 0.2) is 30.4 Å². The van der Waals surface area contributed by atoms with Crippen LogP contribution in [0.5, 0.6) is 0 Å². The molecule has 1 heterocycles. The molecule has 1 saturated heterocycles. The number of allylic oxidation sites excluding steroid dienone is 2. The Hall–Kier alpha value is -2.18. The second kappa shape index (κ2) is 8.24. The molecule has 4 aliphatic carbocycles. The van der Waals surface area contributed by atoms with Crippen LogP contribution in [-0.4, -0.2) is 41.1 Å². The molecule has 2 bridgehead atoms. The Kier molecular flexibility index (Phi) is 5.65. The van der Waals surface area contributed by atoms with Gasteiger partial charge in [0.2, 0.25) is 17.6 Å². The fourth-order valence-electron chi connectivity index (χ4n) is 6.07. The predicted octanol–water partition coefficient (Wildman–Crippen LogP) is 4.19. The summed E-state index contributed by atoms with van der Waals surface area (Å²) in [4.78, 5) is 53.7. The summed E-state index contributed by atoms with van der Waals surface area (Å²) in [5, 5.41) is 0.553. The summed E-state index contributed by atoms with van der Waals surface area (Å²) in [5.41, 5.74) is 0.190. The van der Waals surface area contributed by atoms with Crippen LogP contribution < -0.4 is 0 Å². The maximum atomic E-state index is 13.4. The Labute approximate surface area is 202 Å². The van der Waals surface area contributed by atoms with Crippen LogP contribution in [-0.2, 0) is 19.1 Å². The topological polar surface area (TPSA) is 80.8 Å². The first-order chi connectivity index (χ1) is 15.7. The molecule has 5 aliphatic rings. The van der Waals surface area contributed by atoms with Gasteiger partial charge in [0.15, 0.2) is 6.61 Å². The lowest BCUT2D eigenvalue weighted by molar-refractivity contribution is -0.159. The average Bonchev–Trinajstić information content (AvgIpc) is 3.54. The van der Waals surface area contributed by atoms with E-state index in [0.29, 0.717) is 16.9 Å². The first-order valence-electron chi connectivity index (χ1n) is 11.4. The number of nitrogens with zero attached hydrogens (tertiary/aromatic N) is 1. The van der Waals surface area contributed by atoms with Crippen LogP contribution in [0.2, 0.25) is 10.0 Å². The zero-order valence-electron chi connectivity index (χ0n) is 18.4. The number of carbonyl (C=O) groups is 4. The van der Waals surface area contributed by atoms with E-state index in [-0.39, 0.29) is 58.4 Å². The van der Waals surface area contributed by atoms with E-state index in [1.54, 1.807) is 0 Å². The number of hydrogen-bond donors (Lipinski definition) is 0. The van der Waals surface area contributed by atoms with Crippen LogP contribution >= 0.6 is 23.2 Å². The van der Waals surface area contributed by atoms with Crippen molar-refractivity contribution in [2.24, 2.45) is 41.4 Å². The largest absolute Gasteiger partial charge is 0.456 e. The van der Waals surface area contributed by atoms with E-state index in [0.717, 1.165) is 11.3 Å². The lowest BCUT2D eigenvalue weighted by atomic mass is 9.63. The number of amides is 2. The molecule has 0 radical (unpaired) electrons. The van der Waals surface area contributed by atoms with Gasteiger partial charge in [-0.05, 0) is 60.6 Å². The molecule has 33 heavy (non-hydrogen) atoms. The lowest BCUT2D eigenvalue weighted by Gasteiger charge is -2.37. The summed E-state index contributed by atoms with van der Waals surface area (Å²) in [6, 6.07) is 3.40. The Morgan fingerprint density at radius 3 is 2.21 bits per heavy atom. The number of ketones is 1. The summed E-state index contributed by atoms with van der Waals surface area (Å²) in [6.45, 7) is 3.30. The van der Waals surface area contributed by atoms with Gasteiger partial charge in [-0.2, -0.15) is 0 Å². The van der Waals surface area contributed by atoms with Crippen molar-refractivity contribution in [1.82, 2.24) is 4.90 Å². The first kappa shape index (κ1) is 22.6. The molecule has 0 N–H and O–H groups in total. The van der Waals surface area contributed by atoms with Crippen LogP contribution in [0.1, 0.15) is 37.0 Å². The van der Waals surface area contributed by atoms with Gasteiger partial charge in [0.25, 0.3) is 0 Å². The highest BCUT2D eigenvalue weighted by Gasteiger charge is 2.68. The molecule has 8 heteroatoms. The molecule has 0 aromatic heterocycles. The van der Waals surface area contributed by atoms with Crippen molar-refractivity contribution in [1.29, 1.82) is 0 Å². The van der Waals surface area contributed by atoms with E-state index in [2.05, 4.69) is 12.2 Å². The monoisotopic (exact) mass is 489 g/mol. The summed E-state index contributed by atoms with van der Waals surface area (Å²) in [7, 11) is 0. The SMILES string of the molecule is CC(C)C[C@H](C(=O)OCC(=O)c1ccc(Cl)cc1Cl)N1C(=O)[C@H]2[C@@H]3C=C[C@H]([C@H]4C[C@H]34)[C@@H]2C1=O. The molecule has 2 amide bonds. The zero-order chi connectivity index (χ0) is 23.6. The number of esters is 1. The van der Waals surface area contributed by atoms with Crippen LogP contribution in [0.3, 0.4) is 0 Å². The Morgan fingerprint density at radius 1 is 1.06 bits per heavy atom. The van der Waals surface area contributed by atoms with Gasteiger partial charge < -0.3 is 4.74 Å². The minimum absolute atomic E-state index is 0.0374. The lowest BCUT2D eigenvalue weighted by Crippen LogP contribution is -2.47. The molecule has 6 nitrogen and oxygen atoms in total. The van der Waals surface area contributed by atoms with E-state index < -0.39 is 24.4 Å². The van der Waals surface area contributed by atoms with Crippen molar-refractivity contribution in [2.75, 3.05) is 6.61 Å². The van der Waals surface area contributed by atoms with Gasteiger partial charge in [0, 0.05) is 10.6 Å². The van der Waals surface area contributed by atoms with E-state index in [4.69, 9.17) is 27.9 Å². The van der Waals surface area contributed by atoms with Gasteiger partial charge in [-0.15, -0.1) is 0 Å². The highest BCUT2D eigenvalue weighted by molar-refractivity contribution is 6.36. The maximum absolute atomic E-state index is 13.4. The van der Waals surface area contributed by atoms with Gasteiger partial charge in [-0.25, -0.2) is 4.79 Å². The van der Waals surface area contributed by atoms with E-state index in [1.807, 2.05) is 13.8 Å². The number of likely N-dealkylation sites (tertiary alicyclic amines) is 1. The average molecular weight is 490 g/mol. The van der Waals surface area contributed by atoms with E-state index in [1.165, 1.54) is 18.2 Å². The summed E-state index contributed by atoms with van der Waals surface area (Å²) < 4.78 is 5.33. The number of rotatable bonds is 7. The van der Waals surface area contributed by atoms with Crippen LogP contribution in [0, 0.1) is 41.4 Å². The quantitative estimate of drug-likeness (QED) is 0.248. The molecule has 3 fully saturated rings. The maximum Gasteiger partial charge on any atom is 0.329 e. The van der Waals surface area contributed by atoms with E-state index >= 15 is 0 Å². The van der Waals surface area contributed by atoms with E-state index in [9.17, 15) is 19.2 Å². The third kappa shape index (κ3) is 3.71. The van der Waals surface area contributed by atoms with Gasteiger partial charge in [0.05, 0.1) is 16.9 Å². The highest BCUT2D eigenvalue weighted by atomic mass is 35.5. The molecular formula is C25H25Cl2NO5. The molecule has 7 atom stereocenters. The normalized spacial score (nSPS) is 32.1. The van der Waals surface area contributed by atoms with Gasteiger partial charge in [-0.3, -0.25) is 19.3 Å². The van der Waals surface area contributed by atoms with Crippen molar-refractivity contribution in [3.05, 3.63) is 46.0 Å². The third-order valence-corrected chi connectivity index (χ3v) is 8.10. The van der Waals surface area contributed by atoms with Crippen molar-refractivity contribution in [2.45, 2.75) is 32.7 Å². The number of Topliss-reactive ketones (excluding diaryl/α,β-unsaturated/α-hetero) is 1. The summed E-state index contributed by atoms with van der Waals surface area (Å²) >= 11 is 12.0. The molecule has 6 rings (SSSR count). The Morgan fingerprint density at radius 2 is 1.67 bits per heavy atom. The predicted molar refractivity (Wildman–Crippen MR) is 122 cm³/mol. The fourth-order valence-corrected chi connectivity index (χ4v) is 6.58. The molecular weight excluding hydrogens is 465 g/mol. The molecule has 2 saturated carbocycles. The van der Waals surface area contributed by atoms with Gasteiger partial charge in [0.1, 0.15) is 6.04 Å². The molecule has 0 unspecified atom stereocenters. The standard InChI is InChI=1S/C25H25Cl2NO5/c1-11(2)7-19(25(32)33-10-20(29)15-4-3-12(26)8-18(15)27)28-23(30)21-13-5-6-14(17-9-16(13)17)22(21)24(28)31/h3-6,8,11,13-14,16-17,19,21-22H,7,9-10H2,1-2H3/t13-,14-,16-,17-,19-,21+,22+/m1/s1. The molecule has 1 aromatic rings. The minimum atomic E-state index is -1.04. The van der Waals surface area contributed by atoms with Crippen molar-refractivity contribution in [3.63, 3.8) is 0 Å². The molecule has 1 aromatic carbocycles.